The van der Waals surface area contributed by atoms with Crippen LogP contribution in [0, 0.1) is 12.3 Å². The molecule has 1 aromatic heterocycles. The maximum atomic E-state index is 11.4. The lowest BCUT2D eigenvalue weighted by Gasteiger charge is -2.12. The van der Waals surface area contributed by atoms with Crippen molar-refractivity contribution in [3.63, 3.8) is 0 Å². The summed E-state index contributed by atoms with van der Waals surface area (Å²) in [4.78, 5) is 26.0. The Balaban J connectivity index is 2.37. The van der Waals surface area contributed by atoms with Gasteiger partial charge in [0.15, 0.2) is 0 Å². The molecule has 0 aliphatic heterocycles. The van der Waals surface area contributed by atoms with Crippen molar-refractivity contribution in [3.05, 3.63) is 16.6 Å². The smallest absolute Gasteiger partial charge is 0.327 e. The van der Waals surface area contributed by atoms with E-state index in [0.717, 1.165) is 5.01 Å². The van der Waals surface area contributed by atoms with E-state index in [-0.39, 0.29) is 13.0 Å². The van der Waals surface area contributed by atoms with Gasteiger partial charge in [0.25, 0.3) is 0 Å². The van der Waals surface area contributed by atoms with Gasteiger partial charge in [0.2, 0.25) is 0 Å². The van der Waals surface area contributed by atoms with E-state index in [4.69, 9.17) is 11.5 Å². The number of aliphatic carboxylic acids is 1. The second kappa shape index (κ2) is 6.50. The molecule has 6 nitrogen and oxygen atoms in total. The summed E-state index contributed by atoms with van der Waals surface area (Å²) in [5.41, 5.74) is 0. The van der Waals surface area contributed by atoms with Crippen LogP contribution in [0.3, 0.4) is 0 Å². The minimum atomic E-state index is -1.16. The molecule has 1 atom stereocenters. The van der Waals surface area contributed by atoms with Crippen molar-refractivity contribution in [2.45, 2.75) is 19.0 Å². The van der Waals surface area contributed by atoms with E-state index in [0.29, 0.717) is 0 Å². The molecular weight excluding hydrogens is 242 g/mol. The average molecular weight is 253 g/mol. The molecule has 1 unspecified atom stereocenters. The van der Waals surface area contributed by atoms with Crippen LogP contribution in [-0.2, 0) is 11.3 Å². The lowest BCUT2D eigenvalue weighted by Crippen LogP contribution is -2.45. The van der Waals surface area contributed by atoms with Crippen molar-refractivity contribution in [2.24, 2.45) is 0 Å². The zero-order chi connectivity index (χ0) is 12.7. The molecule has 0 fully saturated rings. The van der Waals surface area contributed by atoms with Crippen LogP contribution in [0.25, 0.3) is 0 Å². The van der Waals surface area contributed by atoms with Gasteiger partial charge in [-0.05, 0) is 0 Å². The van der Waals surface area contributed by atoms with Crippen molar-refractivity contribution in [3.8, 4) is 12.3 Å². The second-order valence-electron chi connectivity index (χ2n) is 3.05. The molecule has 17 heavy (non-hydrogen) atoms. The Labute approximate surface area is 102 Å². The van der Waals surface area contributed by atoms with Gasteiger partial charge in [-0.1, -0.05) is 0 Å². The average Bonchev–Trinajstić information content (AvgIpc) is 2.78. The Morgan fingerprint density at radius 2 is 2.41 bits per heavy atom. The zero-order valence-electron chi connectivity index (χ0n) is 8.84. The molecule has 0 aliphatic carbocycles. The number of rotatable bonds is 5. The number of urea groups is 1. The highest BCUT2D eigenvalue weighted by atomic mass is 32.1. The third kappa shape index (κ3) is 4.53. The van der Waals surface area contributed by atoms with Crippen LogP contribution in [0.15, 0.2) is 11.6 Å². The number of nitrogens with zero attached hydrogens (tertiary/aromatic N) is 1. The summed E-state index contributed by atoms with van der Waals surface area (Å²) in [5, 5.41) is 16.0. The normalized spacial score (nSPS) is 11.2. The highest BCUT2D eigenvalue weighted by Crippen LogP contribution is 2.02. The predicted octanol–water partition coefficient (Wildman–Crippen LogP) is 0.419. The van der Waals surface area contributed by atoms with Gasteiger partial charge in [-0.15, -0.1) is 23.7 Å². The largest absolute Gasteiger partial charge is 0.480 e. The minimum Gasteiger partial charge on any atom is -0.480 e. The summed E-state index contributed by atoms with van der Waals surface area (Å²) in [7, 11) is 0. The van der Waals surface area contributed by atoms with Gasteiger partial charge in [-0.2, -0.15) is 0 Å². The lowest BCUT2D eigenvalue weighted by molar-refractivity contribution is -0.139. The van der Waals surface area contributed by atoms with Crippen molar-refractivity contribution in [2.75, 3.05) is 0 Å². The van der Waals surface area contributed by atoms with Gasteiger partial charge in [-0.25, -0.2) is 14.6 Å². The molecule has 3 N–H and O–H groups in total. The number of nitrogens with one attached hydrogen (secondary N) is 2. The highest BCUT2D eigenvalue weighted by molar-refractivity contribution is 7.09. The molecular formula is C10H11N3O3S. The molecule has 0 spiro atoms. The van der Waals surface area contributed by atoms with E-state index in [1.165, 1.54) is 11.3 Å². The van der Waals surface area contributed by atoms with E-state index in [2.05, 4.69) is 21.5 Å². The SMILES string of the molecule is C#CCC(NC(=O)NCc1nccs1)C(=O)O. The van der Waals surface area contributed by atoms with E-state index < -0.39 is 18.0 Å². The van der Waals surface area contributed by atoms with Gasteiger partial charge in [0.1, 0.15) is 11.0 Å². The monoisotopic (exact) mass is 253 g/mol. The van der Waals surface area contributed by atoms with Gasteiger partial charge >= 0.3 is 12.0 Å². The van der Waals surface area contributed by atoms with E-state index in [9.17, 15) is 9.59 Å². The number of hydrogen-bond donors (Lipinski definition) is 3. The van der Waals surface area contributed by atoms with Gasteiger partial charge in [0.05, 0.1) is 6.54 Å². The summed E-state index contributed by atoms with van der Waals surface area (Å²) in [6, 6.07) is -1.65. The van der Waals surface area contributed by atoms with E-state index >= 15 is 0 Å². The topological polar surface area (TPSA) is 91.3 Å². The molecule has 7 heteroatoms. The third-order valence-corrected chi connectivity index (χ3v) is 2.59. The lowest BCUT2D eigenvalue weighted by atomic mass is 10.2. The Hall–Kier alpha value is -2.07. The highest BCUT2D eigenvalue weighted by Gasteiger charge is 2.18. The second-order valence-corrected chi connectivity index (χ2v) is 4.03. The third-order valence-electron chi connectivity index (χ3n) is 1.81. The first-order chi connectivity index (χ1) is 8.13. The number of hydrogen-bond acceptors (Lipinski definition) is 4. The number of carbonyl (C=O) groups is 2. The quantitative estimate of drug-likeness (QED) is 0.663. The molecule has 0 aromatic carbocycles. The van der Waals surface area contributed by atoms with Gasteiger partial charge in [-0.3, -0.25) is 0 Å². The fourth-order valence-corrected chi connectivity index (χ4v) is 1.58. The van der Waals surface area contributed by atoms with Crippen LogP contribution in [0.4, 0.5) is 4.79 Å². The van der Waals surface area contributed by atoms with Crippen molar-refractivity contribution >= 4 is 23.3 Å². The molecule has 90 valence electrons. The first-order valence-electron chi connectivity index (χ1n) is 4.72. The van der Waals surface area contributed by atoms with Gasteiger partial charge in [0, 0.05) is 18.0 Å². The Morgan fingerprint density at radius 1 is 1.65 bits per heavy atom. The van der Waals surface area contributed by atoms with E-state index in [1.54, 1.807) is 11.6 Å². The first-order valence-corrected chi connectivity index (χ1v) is 5.60. The summed E-state index contributed by atoms with van der Waals surface area (Å²) in [6.45, 7) is 0.256. The van der Waals surface area contributed by atoms with Crippen LogP contribution in [0.5, 0.6) is 0 Å². The molecule has 1 aromatic rings. The van der Waals surface area contributed by atoms with Crippen molar-refractivity contribution < 1.29 is 14.7 Å². The summed E-state index contributed by atoms with van der Waals surface area (Å²) in [6.07, 6.45) is 6.57. The Kier molecular flexibility index (Phi) is 4.97. The number of carboxylic acids is 1. The molecule has 0 bridgehead atoms. The number of carboxylic acid groups (broad SMARTS) is 1. The number of thiazole rings is 1. The molecule has 0 saturated heterocycles. The standard InChI is InChI=1S/C10H11N3O3S/c1-2-3-7(9(14)15)13-10(16)12-6-8-11-4-5-17-8/h1,4-5,7H,3,6H2,(H,14,15)(H2,12,13,16). The summed E-state index contributed by atoms with van der Waals surface area (Å²) < 4.78 is 0. The van der Waals surface area contributed by atoms with Crippen LogP contribution < -0.4 is 10.6 Å². The predicted molar refractivity (Wildman–Crippen MR) is 62.4 cm³/mol. The van der Waals surface area contributed by atoms with Gasteiger partial charge < -0.3 is 15.7 Å². The fraction of sp³-hybridized carbons (Fsp3) is 0.300. The van der Waals surface area contributed by atoms with Crippen molar-refractivity contribution in [1.82, 2.24) is 15.6 Å². The van der Waals surface area contributed by atoms with Crippen LogP contribution >= 0.6 is 11.3 Å². The summed E-state index contributed by atoms with van der Waals surface area (Å²) >= 11 is 1.40. The Morgan fingerprint density at radius 3 is 2.94 bits per heavy atom. The van der Waals surface area contributed by atoms with Crippen LogP contribution in [-0.4, -0.2) is 28.1 Å². The fourth-order valence-electron chi connectivity index (χ4n) is 1.02. The molecule has 1 rings (SSSR count). The number of carbonyl (C=O) groups excluding carboxylic acids is 1. The molecule has 0 aliphatic rings. The number of terminal acetylenes is 1. The van der Waals surface area contributed by atoms with Crippen molar-refractivity contribution in [1.29, 1.82) is 0 Å². The maximum absolute atomic E-state index is 11.4. The maximum Gasteiger partial charge on any atom is 0.327 e. The van der Waals surface area contributed by atoms with E-state index in [1.807, 2.05) is 0 Å². The number of amides is 2. The molecule has 0 radical (unpaired) electrons. The number of aromatic nitrogens is 1. The molecule has 2 amide bonds. The molecule has 1 heterocycles. The molecule has 0 saturated carbocycles. The summed E-state index contributed by atoms with van der Waals surface area (Å²) in [5.74, 6) is 1.03. The zero-order valence-corrected chi connectivity index (χ0v) is 9.66. The first kappa shape index (κ1) is 13.0. The minimum absolute atomic E-state index is 0.0556. The Bertz CT molecular complexity index is 425. The van der Waals surface area contributed by atoms with Crippen LogP contribution in [0.2, 0.25) is 0 Å². The van der Waals surface area contributed by atoms with Crippen LogP contribution in [0.1, 0.15) is 11.4 Å².